The lowest BCUT2D eigenvalue weighted by Gasteiger charge is -2.63. The zero-order chi connectivity index (χ0) is 28.5. The molecule has 2 N–H and O–H groups in total. The third-order valence-corrected chi connectivity index (χ3v) is 12.0. The molecular formula is C31H44O9. The molecule has 0 aromatic heterocycles. The van der Waals surface area contributed by atoms with Gasteiger partial charge in [0.25, 0.3) is 0 Å². The molecule has 0 unspecified atom stereocenters. The molecule has 5 fully saturated rings. The molecule has 9 heteroatoms. The van der Waals surface area contributed by atoms with E-state index in [4.69, 9.17) is 18.9 Å². The molecule has 0 aromatic rings. The Labute approximate surface area is 235 Å². The molecule has 0 bridgehead atoms. The highest BCUT2D eigenvalue weighted by molar-refractivity contribution is 5.85. The van der Waals surface area contributed by atoms with Gasteiger partial charge in [-0.25, -0.2) is 9.59 Å². The predicted molar refractivity (Wildman–Crippen MR) is 142 cm³/mol. The number of rotatable bonds is 6. The van der Waals surface area contributed by atoms with Crippen molar-refractivity contribution in [2.24, 2.45) is 34.5 Å². The molecule has 222 valence electrons. The van der Waals surface area contributed by atoms with Gasteiger partial charge in [-0.05, 0) is 101 Å². The number of cyclic esters (lactones) is 1. The second kappa shape index (κ2) is 9.89. The van der Waals surface area contributed by atoms with Gasteiger partial charge in [0.05, 0.1) is 24.4 Å². The molecule has 0 radical (unpaired) electrons. The first-order valence-corrected chi connectivity index (χ1v) is 15.3. The molecule has 2 heterocycles. The maximum absolute atomic E-state index is 13.0. The minimum atomic E-state index is -1.84. The van der Waals surface area contributed by atoms with Gasteiger partial charge in [0.2, 0.25) is 5.60 Å². The van der Waals surface area contributed by atoms with Crippen molar-refractivity contribution in [3.63, 3.8) is 0 Å². The van der Waals surface area contributed by atoms with E-state index in [1.807, 2.05) is 0 Å². The van der Waals surface area contributed by atoms with Crippen molar-refractivity contribution in [2.75, 3.05) is 13.2 Å². The van der Waals surface area contributed by atoms with Gasteiger partial charge >= 0.3 is 11.9 Å². The third kappa shape index (κ3) is 3.97. The summed E-state index contributed by atoms with van der Waals surface area (Å²) >= 11 is 0. The Kier molecular flexibility index (Phi) is 7.00. The monoisotopic (exact) mass is 560 g/mol. The van der Waals surface area contributed by atoms with Crippen LogP contribution in [0.1, 0.15) is 85.0 Å². The summed E-state index contributed by atoms with van der Waals surface area (Å²) in [5.41, 5.74) is -2.59. The van der Waals surface area contributed by atoms with E-state index in [1.165, 1.54) is 6.29 Å². The summed E-state index contributed by atoms with van der Waals surface area (Å²) in [6.45, 7) is 6.16. The number of esters is 2. The second-order valence-electron chi connectivity index (χ2n) is 13.7. The van der Waals surface area contributed by atoms with Gasteiger partial charge in [-0.1, -0.05) is 6.92 Å². The van der Waals surface area contributed by atoms with Crippen molar-refractivity contribution in [3.8, 4) is 0 Å². The topological polar surface area (TPSA) is 129 Å². The van der Waals surface area contributed by atoms with Crippen molar-refractivity contribution in [1.29, 1.82) is 0 Å². The van der Waals surface area contributed by atoms with Crippen LogP contribution in [0.25, 0.3) is 0 Å². The van der Waals surface area contributed by atoms with Gasteiger partial charge in [0.1, 0.15) is 12.9 Å². The Morgan fingerprint density at radius 2 is 1.93 bits per heavy atom. The van der Waals surface area contributed by atoms with Gasteiger partial charge in [-0.15, -0.1) is 0 Å². The fraction of sp³-hybridized carbons (Fsp3) is 0.839. The molecule has 2 aliphatic heterocycles. The standard InChI is InChI=1S/C31H44O9/c1-4-37-26(34)30(35)15-18(2)39-27(30)40-21-7-11-29(17-32)20(14-21)5-6-24-23(29)8-10-28(3)22(9-12-31(24,28)36)19-13-25(33)38-16-19/h13,17-18,20-24,27,35-36H,4-12,14-16H2,1-3H3/t18-,20+,21+,22-,23+,24-,27+,28-,29-,30+,31+/m1/s1. The summed E-state index contributed by atoms with van der Waals surface area (Å²) in [6.07, 6.45) is 8.00. The van der Waals surface area contributed by atoms with Crippen LogP contribution in [0.2, 0.25) is 0 Å². The Morgan fingerprint density at radius 3 is 2.62 bits per heavy atom. The van der Waals surface area contributed by atoms with Crippen LogP contribution in [0, 0.1) is 34.5 Å². The van der Waals surface area contributed by atoms with Crippen molar-refractivity contribution >= 4 is 18.2 Å². The summed E-state index contributed by atoms with van der Waals surface area (Å²) < 4.78 is 22.5. The van der Waals surface area contributed by atoms with Gasteiger partial charge in [0, 0.05) is 23.3 Å². The van der Waals surface area contributed by atoms with E-state index in [0.717, 1.165) is 37.7 Å². The molecule has 6 rings (SSSR count). The quantitative estimate of drug-likeness (QED) is 0.372. The highest BCUT2D eigenvalue weighted by Crippen LogP contribution is 2.69. The minimum absolute atomic E-state index is 0.0294. The van der Waals surface area contributed by atoms with E-state index in [1.54, 1.807) is 19.9 Å². The average molecular weight is 561 g/mol. The molecule has 4 aliphatic carbocycles. The largest absolute Gasteiger partial charge is 0.464 e. The zero-order valence-electron chi connectivity index (χ0n) is 23.9. The number of hydrogen-bond donors (Lipinski definition) is 2. The Morgan fingerprint density at radius 1 is 1.12 bits per heavy atom. The van der Waals surface area contributed by atoms with E-state index < -0.39 is 28.9 Å². The number of ether oxygens (including phenoxy) is 4. The normalized spacial score (nSPS) is 49.9. The van der Waals surface area contributed by atoms with Gasteiger partial charge in [-0.3, -0.25) is 0 Å². The number of carbonyl (C=O) groups excluding carboxylic acids is 3. The maximum Gasteiger partial charge on any atom is 0.343 e. The minimum Gasteiger partial charge on any atom is -0.464 e. The van der Waals surface area contributed by atoms with Gasteiger partial charge < -0.3 is 34.0 Å². The Hall–Kier alpha value is -1.81. The Balaban J connectivity index is 1.19. The molecule has 4 saturated carbocycles. The van der Waals surface area contributed by atoms with E-state index in [2.05, 4.69) is 6.92 Å². The number of aldehydes is 1. The van der Waals surface area contributed by atoms with Crippen LogP contribution in [0.5, 0.6) is 0 Å². The number of hydrogen-bond acceptors (Lipinski definition) is 9. The van der Waals surface area contributed by atoms with Crippen LogP contribution in [0.3, 0.4) is 0 Å². The SMILES string of the molecule is CCOC(=O)[C@@]1(O)C[C@@H](C)O[C@H]1O[C@H]1CC[C@@]2(C=O)[C@@H](CC[C@@H]3[C@@H]2CC[C@]2(C)[C@@H](C4=CC(=O)OC4)CC[C@]32O)C1. The molecule has 0 spiro atoms. The fourth-order valence-electron chi connectivity index (χ4n) is 10.1. The highest BCUT2D eigenvalue weighted by atomic mass is 16.7. The van der Waals surface area contributed by atoms with Crippen molar-refractivity contribution < 1.29 is 43.5 Å². The van der Waals surface area contributed by atoms with Crippen molar-refractivity contribution in [2.45, 2.75) is 115 Å². The first-order valence-electron chi connectivity index (χ1n) is 15.3. The molecule has 9 nitrogen and oxygen atoms in total. The van der Waals surface area contributed by atoms with Crippen molar-refractivity contribution in [1.82, 2.24) is 0 Å². The smallest absolute Gasteiger partial charge is 0.343 e. The number of carbonyl (C=O) groups is 3. The summed E-state index contributed by atoms with van der Waals surface area (Å²) in [4.78, 5) is 37.4. The van der Waals surface area contributed by atoms with Crippen molar-refractivity contribution in [3.05, 3.63) is 11.6 Å². The Bertz CT molecular complexity index is 1090. The summed E-state index contributed by atoms with van der Waals surface area (Å²) in [6, 6.07) is 0. The second-order valence-corrected chi connectivity index (χ2v) is 13.7. The van der Waals surface area contributed by atoms with E-state index in [0.29, 0.717) is 32.3 Å². The van der Waals surface area contributed by atoms with Crippen LogP contribution in [0.4, 0.5) is 0 Å². The first-order chi connectivity index (χ1) is 19.0. The van der Waals surface area contributed by atoms with Gasteiger partial charge in [0.15, 0.2) is 6.29 Å². The van der Waals surface area contributed by atoms with Crippen LogP contribution >= 0.6 is 0 Å². The highest BCUT2D eigenvalue weighted by Gasteiger charge is 2.69. The molecule has 0 amide bonds. The fourth-order valence-corrected chi connectivity index (χ4v) is 10.1. The molecule has 0 aromatic carbocycles. The average Bonchev–Trinajstić information content (AvgIpc) is 3.56. The molecule has 40 heavy (non-hydrogen) atoms. The predicted octanol–water partition coefficient (Wildman–Crippen LogP) is 3.24. The summed E-state index contributed by atoms with van der Waals surface area (Å²) in [7, 11) is 0. The zero-order valence-corrected chi connectivity index (χ0v) is 23.9. The number of fused-ring (bicyclic) bond motifs is 5. The van der Waals surface area contributed by atoms with E-state index >= 15 is 0 Å². The third-order valence-electron chi connectivity index (χ3n) is 12.0. The van der Waals surface area contributed by atoms with Crippen LogP contribution in [0.15, 0.2) is 11.6 Å². The lowest BCUT2D eigenvalue weighted by molar-refractivity contribution is -0.245. The molecular weight excluding hydrogens is 516 g/mol. The van der Waals surface area contributed by atoms with Crippen LogP contribution in [-0.2, 0) is 33.3 Å². The molecule has 1 saturated heterocycles. The van der Waals surface area contributed by atoms with Crippen LogP contribution in [-0.4, -0.2) is 71.4 Å². The summed E-state index contributed by atoms with van der Waals surface area (Å²) in [5, 5.41) is 23.6. The number of aliphatic hydroxyl groups is 2. The summed E-state index contributed by atoms with van der Waals surface area (Å²) in [5.74, 6) is -0.669. The lowest BCUT2D eigenvalue weighted by Crippen LogP contribution is -2.63. The first kappa shape index (κ1) is 28.3. The van der Waals surface area contributed by atoms with E-state index in [-0.39, 0.29) is 60.3 Å². The molecule has 11 atom stereocenters. The van der Waals surface area contributed by atoms with E-state index in [9.17, 15) is 24.6 Å². The molecule has 6 aliphatic rings. The van der Waals surface area contributed by atoms with Crippen LogP contribution < -0.4 is 0 Å². The van der Waals surface area contributed by atoms with Gasteiger partial charge in [-0.2, -0.15) is 0 Å². The lowest BCUT2D eigenvalue weighted by atomic mass is 9.43. The maximum atomic E-state index is 13.0.